The summed E-state index contributed by atoms with van der Waals surface area (Å²) in [5.74, 6) is -1.55. The van der Waals surface area contributed by atoms with Gasteiger partial charge in [0.2, 0.25) is 0 Å². The minimum absolute atomic E-state index is 0.0891. The Labute approximate surface area is 583 Å². The molecule has 9 fully saturated rings. The van der Waals surface area contributed by atoms with E-state index in [0.717, 1.165) is 0 Å². The highest BCUT2D eigenvalue weighted by Gasteiger charge is 2.73. The lowest BCUT2D eigenvalue weighted by atomic mass is 9.38. The Kier molecular flexibility index (Phi) is 25.5. The van der Waals surface area contributed by atoms with Gasteiger partial charge in [0.25, 0.3) is 0 Å². The van der Waals surface area contributed by atoms with Gasteiger partial charge in [-0.15, -0.1) is 0 Å². The van der Waals surface area contributed by atoms with E-state index in [1.165, 1.54) is 13.8 Å². The minimum Gasteiger partial charge on any atom is -0.394 e. The molecule has 10 aliphatic rings. The van der Waals surface area contributed by atoms with Gasteiger partial charge in [0.1, 0.15) is 146 Å². The summed E-state index contributed by atoms with van der Waals surface area (Å²) in [4.78, 5) is 15.3. The Balaban J connectivity index is 0.805. The molecule has 0 radical (unpaired) electrons. The summed E-state index contributed by atoms with van der Waals surface area (Å²) in [6.07, 6.45) is -51.1. The van der Waals surface area contributed by atoms with Crippen LogP contribution in [-0.2, 0) is 61.6 Å². The second-order valence-corrected chi connectivity index (χ2v) is 31.6. The van der Waals surface area contributed by atoms with Crippen molar-refractivity contribution in [3.63, 3.8) is 0 Å². The van der Waals surface area contributed by atoms with Crippen LogP contribution in [0.1, 0.15) is 100 Å². The third-order valence-electron chi connectivity index (χ3n) is 24.7. The molecular formula is C66H110O35. The van der Waals surface area contributed by atoms with Gasteiger partial charge in [-0.25, -0.2) is 0 Å². The van der Waals surface area contributed by atoms with E-state index in [0.29, 0.717) is 44.1 Å². The van der Waals surface area contributed by atoms with Gasteiger partial charge in [-0.3, -0.25) is 4.79 Å². The smallest absolute Gasteiger partial charge is 0.187 e. The van der Waals surface area contributed by atoms with Crippen molar-refractivity contribution in [3.8, 4) is 0 Å². The third kappa shape index (κ3) is 15.1. The molecule has 101 heavy (non-hydrogen) atoms. The molecule has 0 unspecified atom stereocenters. The van der Waals surface area contributed by atoms with Crippen LogP contribution in [0.4, 0.5) is 0 Å². The van der Waals surface area contributed by atoms with Crippen molar-refractivity contribution in [2.45, 2.75) is 308 Å². The van der Waals surface area contributed by atoms with Crippen LogP contribution in [0.5, 0.6) is 0 Å². The van der Waals surface area contributed by atoms with Crippen molar-refractivity contribution in [1.29, 1.82) is 0 Å². The molecule has 35 nitrogen and oxygen atoms in total. The first-order chi connectivity index (χ1) is 47.2. The Hall–Kier alpha value is -1.95. The number of ketones is 1. The number of aliphatic hydroxyl groups is 22. The minimum atomic E-state index is -2.00. The molecule has 0 spiro atoms. The van der Waals surface area contributed by atoms with Crippen LogP contribution in [0.3, 0.4) is 0 Å². The quantitative estimate of drug-likeness (QED) is 0.0452. The topological polar surface area (TPSA) is 573 Å². The second kappa shape index (κ2) is 31.6. The van der Waals surface area contributed by atoms with Gasteiger partial charge in [0.15, 0.2) is 43.5 Å². The summed E-state index contributed by atoms with van der Waals surface area (Å²) >= 11 is 0. The standard InChI is InChI=1S/C66H110O35/c1-23(9-11-36(63(4,5)89)100-61-54(101-60-53(88)45(80)39(74)30(19-69)95-60)48(83)42(77)33(98-61)22-91-57-50(85)44(79)38(73)29(18-68)94-57)24-13-14-64(6)55-27(70)15-26-25(66(55,8)34(71)16-65(24,64)7)10-12-35(62(26,2)3)99-59-52(87)47(82)41(76)32(97-59)21-92-58-51(86)46(81)40(75)31(96-58)20-90-56-49(84)43(78)37(72)28(17-67)93-56/h15,23-25,28-61,67-69,71-89H,9-14,16-22H2,1-8H3/t23-,24-,25-,28-,29-,30-,31-,32-,33-,34-,35+,36-,37-,38-,39-,40-,41-,42-,43+,44+,45+,46+,47+,48+,49-,50-,51-,52-,53-,54-,55+,56-,57-,58-,59+,60+,61+,64+,65-,66-/m1/s1. The number of hydrogen-bond acceptors (Lipinski definition) is 35. The van der Waals surface area contributed by atoms with Crippen molar-refractivity contribution in [2.24, 2.45) is 45.3 Å². The van der Waals surface area contributed by atoms with Gasteiger partial charge in [0.05, 0.1) is 63.6 Å². The number of allylic oxidation sites excluding steroid dienone is 1. The number of aliphatic hydroxyl groups excluding tert-OH is 21. The number of hydrogen-bond donors (Lipinski definition) is 22. The fourth-order valence-corrected chi connectivity index (χ4v) is 18.2. The average molecular weight is 1460 g/mol. The summed E-state index contributed by atoms with van der Waals surface area (Å²) in [7, 11) is 0. The van der Waals surface area contributed by atoms with Gasteiger partial charge in [-0.05, 0) is 93.5 Å². The van der Waals surface area contributed by atoms with E-state index in [4.69, 9.17) is 56.8 Å². The van der Waals surface area contributed by atoms with E-state index in [9.17, 15) is 112 Å². The molecule has 4 aliphatic carbocycles. The highest BCUT2D eigenvalue weighted by atomic mass is 16.8. The van der Waals surface area contributed by atoms with Crippen molar-refractivity contribution in [3.05, 3.63) is 11.6 Å². The van der Waals surface area contributed by atoms with E-state index >= 15 is 4.79 Å². The fraction of sp³-hybridized carbons (Fsp3) is 0.955. The monoisotopic (exact) mass is 1460 g/mol. The Morgan fingerprint density at radius 1 is 0.475 bits per heavy atom. The highest BCUT2D eigenvalue weighted by Crippen LogP contribution is 2.74. The molecule has 584 valence electrons. The van der Waals surface area contributed by atoms with Crippen LogP contribution in [0.15, 0.2) is 11.6 Å². The first-order valence-corrected chi connectivity index (χ1v) is 35.0. The molecule has 40 atom stereocenters. The first kappa shape index (κ1) is 81.6. The van der Waals surface area contributed by atoms with Gasteiger partial charge >= 0.3 is 0 Å². The zero-order valence-electron chi connectivity index (χ0n) is 57.8. The van der Waals surface area contributed by atoms with E-state index in [-0.39, 0.29) is 30.0 Å². The summed E-state index contributed by atoms with van der Waals surface area (Å²) in [6, 6.07) is 0. The molecule has 6 aliphatic heterocycles. The van der Waals surface area contributed by atoms with E-state index in [1.807, 2.05) is 27.7 Å². The lowest BCUT2D eigenvalue weighted by Gasteiger charge is -2.66. The highest BCUT2D eigenvalue weighted by molar-refractivity contribution is 5.95. The maximum atomic E-state index is 15.3. The SMILES string of the molecule is C[C@H](CC[C@@H](O[C@@H]1O[C@H](CO[C@@H]2O[C@H](CO)[C@@H](O)[C@H](O)[C@H]2O)[C@@H](O)[C@H](O)[C@H]1O[C@@H]1O[C@H](CO)[C@@H](O)[C@H](O)[C@H]1O)C(C)(C)O)[C@H]1CC[C@@]2(C)[C@@H]3C(=O)C=C4[C@@H](CC[C@H](O[C@@H]5O[C@H](CO[C@@H]6O[C@H](CO[C@@H]7O[C@H](CO)[C@@H](O)[C@H](O)[C@H]7O)[C@@H](O)[C@H](O)[C@H]6O)[C@@H](O)[C@H](O)[C@H]5O)C4(C)C)[C@]3(C)[C@H](O)C[C@]12C. The molecule has 0 amide bonds. The lowest BCUT2D eigenvalue weighted by Crippen LogP contribution is -2.67. The number of ether oxygens (including phenoxy) is 12. The maximum absolute atomic E-state index is 15.3. The molecule has 35 heteroatoms. The van der Waals surface area contributed by atoms with E-state index in [1.54, 1.807) is 6.08 Å². The molecule has 0 aromatic carbocycles. The van der Waals surface area contributed by atoms with Crippen molar-refractivity contribution < 1.29 is 174 Å². The number of carbonyl (C=O) groups is 1. The largest absolute Gasteiger partial charge is 0.394 e. The van der Waals surface area contributed by atoms with Crippen molar-refractivity contribution in [2.75, 3.05) is 39.6 Å². The van der Waals surface area contributed by atoms with Crippen LogP contribution in [0.2, 0.25) is 0 Å². The van der Waals surface area contributed by atoms with Crippen LogP contribution < -0.4 is 0 Å². The molecule has 22 N–H and O–H groups in total. The fourth-order valence-electron chi connectivity index (χ4n) is 18.2. The number of carbonyl (C=O) groups excluding carboxylic acids is 1. The van der Waals surface area contributed by atoms with Crippen LogP contribution in [-0.4, -0.2) is 366 Å². The molecular weight excluding hydrogens is 1350 g/mol. The van der Waals surface area contributed by atoms with Crippen LogP contribution >= 0.6 is 0 Å². The summed E-state index contributed by atoms with van der Waals surface area (Å²) < 4.78 is 70.5. The third-order valence-corrected chi connectivity index (χ3v) is 24.7. The Morgan fingerprint density at radius 3 is 1.31 bits per heavy atom. The molecule has 0 aromatic rings. The molecule has 10 rings (SSSR count). The summed E-state index contributed by atoms with van der Waals surface area (Å²) in [5.41, 5.74) is -4.37. The van der Waals surface area contributed by atoms with Gasteiger partial charge in [-0.1, -0.05) is 47.1 Å². The second-order valence-electron chi connectivity index (χ2n) is 31.6. The van der Waals surface area contributed by atoms with Crippen molar-refractivity contribution >= 4 is 5.78 Å². The first-order valence-electron chi connectivity index (χ1n) is 35.0. The predicted molar refractivity (Wildman–Crippen MR) is 333 cm³/mol. The molecule has 3 saturated carbocycles. The lowest BCUT2D eigenvalue weighted by molar-refractivity contribution is -0.380. The molecule has 0 bridgehead atoms. The molecule has 0 aromatic heterocycles. The maximum Gasteiger partial charge on any atom is 0.187 e. The van der Waals surface area contributed by atoms with Gasteiger partial charge in [0, 0.05) is 16.7 Å². The van der Waals surface area contributed by atoms with Gasteiger partial charge in [-0.2, -0.15) is 0 Å². The van der Waals surface area contributed by atoms with E-state index < -0.39 is 275 Å². The zero-order chi connectivity index (χ0) is 74.4. The Bertz CT molecular complexity index is 2760. The number of rotatable bonds is 23. The van der Waals surface area contributed by atoms with Crippen LogP contribution in [0, 0.1) is 45.3 Å². The summed E-state index contributed by atoms with van der Waals surface area (Å²) in [6.45, 7) is 10.5. The Morgan fingerprint density at radius 2 is 0.861 bits per heavy atom. The normalized spacial score (nSPS) is 51.7. The van der Waals surface area contributed by atoms with Crippen molar-refractivity contribution in [1.82, 2.24) is 0 Å². The zero-order valence-corrected chi connectivity index (χ0v) is 57.8. The summed E-state index contributed by atoms with van der Waals surface area (Å²) in [5, 5.41) is 238. The predicted octanol–water partition coefficient (Wildman–Crippen LogP) is -8.40. The number of fused-ring (bicyclic) bond motifs is 5. The molecule has 6 heterocycles. The van der Waals surface area contributed by atoms with Gasteiger partial charge < -0.3 is 169 Å². The van der Waals surface area contributed by atoms with Crippen LogP contribution in [0.25, 0.3) is 0 Å². The average Bonchev–Trinajstić information content (AvgIpc) is 1.65. The molecule has 6 saturated heterocycles. The van der Waals surface area contributed by atoms with E-state index in [2.05, 4.69) is 13.8 Å².